The molecule has 0 N–H and O–H groups in total. The highest BCUT2D eigenvalue weighted by Crippen LogP contribution is 2.27. The molecule has 22 heavy (non-hydrogen) atoms. The van der Waals surface area contributed by atoms with Crippen molar-refractivity contribution in [3.05, 3.63) is 36.7 Å². The molecule has 1 atom stereocenters. The molecule has 0 bridgehead atoms. The second kappa shape index (κ2) is 5.43. The molecule has 0 spiro atoms. The van der Waals surface area contributed by atoms with Crippen LogP contribution in [-0.4, -0.2) is 44.8 Å². The van der Waals surface area contributed by atoms with Crippen molar-refractivity contribution in [2.75, 3.05) is 13.1 Å². The molecule has 0 saturated carbocycles. The molecule has 8 heteroatoms. The molecule has 1 aromatic heterocycles. The Kier molecular flexibility index (Phi) is 3.59. The summed E-state index contributed by atoms with van der Waals surface area (Å²) in [4.78, 5) is 17.0. The Bertz CT molecular complexity index is 668. The highest BCUT2D eigenvalue weighted by atomic mass is 19.4. The highest BCUT2D eigenvalue weighted by Gasteiger charge is 2.40. The Morgan fingerprint density at radius 3 is 2.64 bits per heavy atom. The van der Waals surface area contributed by atoms with E-state index in [9.17, 15) is 18.0 Å². The van der Waals surface area contributed by atoms with Crippen LogP contribution in [0.15, 0.2) is 36.7 Å². The summed E-state index contributed by atoms with van der Waals surface area (Å²) in [5.74, 6) is -0.121. The first-order valence-electron chi connectivity index (χ1n) is 6.76. The monoisotopic (exact) mass is 310 g/mol. The summed E-state index contributed by atoms with van der Waals surface area (Å²) in [6.45, 7) is -1.15. The van der Waals surface area contributed by atoms with Crippen molar-refractivity contribution in [3.63, 3.8) is 0 Å². The maximum atomic E-state index is 12.4. The summed E-state index contributed by atoms with van der Waals surface area (Å²) in [5.41, 5.74) is 0.791. The lowest BCUT2D eigenvalue weighted by Crippen LogP contribution is -2.36. The maximum absolute atomic E-state index is 12.4. The zero-order chi connectivity index (χ0) is 15.7. The van der Waals surface area contributed by atoms with Crippen molar-refractivity contribution in [1.29, 1.82) is 0 Å². The van der Waals surface area contributed by atoms with Gasteiger partial charge in [0, 0.05) is 12.1 Å². The standard InChI is InChI=1S/C14H13F3N4O/c15-14(16,17)8-20-7-6-11(13(20)22)21-9-18-12(19-21)10-4-2-1-3-5-10/h1-5,9,11H,6-8H2/t11-/m0/s1. The predicted octanol–water partition coefficient (Wildman–Crippen LogP) is 2.28. The number of hydrogen-bond acceptors (Lipinski definition) is 3. The Morgan fingerprint density at radius 1 is 1.23 bits per heavy atom. The Labute approximate surface area is 124 Å². The molecule has 2 heterocycles. The van der Waals surface area contributed by atoms with E-state index in [1.54, 1.807) is 0 Å². The van der Waals surface area contributed by atoms with Gasteiger partial charge in [-0.05, 0) is 6.42 Å². The number of alkyl halides is 3. The molecule has 1 saturated heterocycles. The first-order chi connectivity index (χ1) is 10.4. The third kappa shape index (κ3) is 2.95. The fourth-order valence-corrected chi connectivity index (χ4v) is 2.49. The predicted molar refractivity (Wildman–Crippen MR) is 71.7 cm³/mol. The van der Waals surface area contributed by atoms with E-state index in [4.69, 9.17) is 0 Å². The van der Waals surface area contributed by atoms with E-state index in [1.807, 2.05) is 30.3 Å². The van der Waals surface area contributed by atoms with Gasteiger partial charge in [0.25, 0.3) is 0 Å². The fourth-order valence-electron chi connectivity index (χ4n) is 2.49. The molecule has 2 aromatic rings. The summed E-state index contributed by atoms with van der Waals surface area (Å²) in [5, 5.41) is 4.22. The second-order valence-corrected chi connectivity index (χ2v) is 5.09. The minimum atomic E-state index is -4.39. The third-order valence-electron chi connectivity index (χ3n) is 3.50. The van der Waals surface area contributed by atoms with Gasteiger partial charge in [0.1, 0.15) is 18.9 Å². The second-order valence-electron chi connectivity index (χ2n) is 5.09. The zero-order valence-corrected chi connectivity index (χ0v) is 11.5. The number of hydrogen-bond donors (Lipinski definition) is 0. The van der Waals surface area contributed by atoms with Gasteiger partial charge in [-0.1, -0.05) is 30.3 Å². The van der Waals surface area contributed by atoms with Crippen molar-refractivity contribution in [2.24, 2.45) is 0 Å². The number of nitrogens with zero attached hydrogens (tertiary/aromatic N) is 4. The van der Waals surface area contributed by atoms with Gasteiger partial charge < -0.3 is 4.90 Å². The molecule has 1 aromatic carbocycles. The van der Waals surface area contributed by atoms with Crippen LogP contribution >= 0.6 is 0 Å². The number of amides is 1. The molecule has 116 valence electrons. The summed E-state index contributed by atoms with van der Waals surface area (Å²) in [6, 6.07) is 8.46. The molecule has 1 fully saturated rings. The minimum absolute atomic E-state index is 0.0730. The maximum Gasteiger partial charge on any atom is 0.406 e. The van der Waals surface area contributed by atoms with Gasteiger partial charge in [0.2, 0.25) is 5.91 Å². The molecule has 1 amide bonds. The number of halogens is 3. The van der Waals surface area contributed by atoms with Crippen LogP contribution in [0.2, 0.25) is 0 Å². The first-order valence-corrected chi connectivity index (χ1v) is 6.76. The summed E-state index contributed by atoms with van der Waals surface area (Å²) in [6.07, 6.45) is -2.70. The van der Waals surface area contributed by atoms with E-state index in [1.165, 1.54) is 11.0 Å². The van der Waals surface area contributed by atoms with Crippen molar-refractivity contribution in [3.8, 4) is 11.4 Å². The molecular weight excluding hydrogens is 297 g/mol. The average Bonchev–Trinajstić information content (AvgIpc) is 3.07. The number of likely N-dealkylation sites (tertiary alicyclic amines) is 1. The Balaban J connectivity index is 1.76. The molecular formula is C14H13F3N4O. The molecule has 1 aliphatic heterocycles. The van der Waals surface area contributed by atoms with E-state index in [2.05, 4.69) is 10.1 Å². The molecule has 0 radical (unpaired) electrons. The molecule has 0 unspecified atom stereocenters. The van der Waals surface area contributed by atoms with E-state index in [0.29, 0.717) is 12.2 Å². The van der Waals surface area contributed by atoms with Gasteiger partial charge in [0.05, 0.1) is 0 Å². The van der Waals surface area contributed by atoms with Crippen molar-refractivity contribution in [1.82, 2.24) is 19.7 Å². The lowest BCUT2D eigenvalue weighted by molar-refractivity contribution is -0.158. The molecule has 1 aliphatic rings. The van der Waals surface area contributed by atoms with Gasteiger partial charge in [-0.2, -0.15) is 18.3 Å². The van der Waals surface area contributed by atoms with E-state index in [0.717, 1.165) is 10.5 Å². The first kappa shape index (κ1) is 14.6. The van der Waals surface area contributed by atoms with Crippen LogP contribution in [-0.2, 0) is 4.79 Å². The molecule has 3 rings (SSSR count). The third-order valence-corrected chi connectivity index (χ3v) is 3.50. The lowest BCUT2D eigenvalue weighted by atomic mass is 10.2. The topological polar surface area (TPSA) is 51.0 Å². The van der Waals surface area contributed by atoms with Gasteiger partial charge >= 0.3 is 6.18 Å². The molecule has 5 nitrogen and oxygen atoms in total. The van der Waals surface area contributed by atoms with E-state index in [-0.39, 0.29) is 6.54 Å². The Hall–Kier alpha value is -2.38. The van der Waals surface area contributed by atoms with Crippen LogP contribution in [0, 0.1) is 0 Å². The minimum Gasteiger partial charge on any atom is -0.332 e. The van der Waals surface area contributed by atoms with Gasteiger partial charge in [-0.15, -0.1) is 0 Å². The number of carbonyl (C=O) groups is 1. The number of carbonyl (C=O) groups excluding carboxylic acids is 1. The van der Waals surface area contributed by atoms with Crippen molar-refractivity contribution >= 4 is 5.91 Å². The van der Waals surface area contributed by atoms with Crippen LogP contribution in [0.1, 0.15) is 12.5 Å². The fraction of sp³-hybridized carbons (Fsp3) is 0.357. The van der Waals surface area contributed by atoms with E-state index < -0.39 is 24.7 Å². The van der Waals surface area contributed by atoms with Crippen LogP contribution in [0.25, 0.3) is 11.4 Å². The number of aromatic nitrogens is 3. The van der Waals surface area contributed by atoms with Gasteiger partial charge in [-0.25, -0.2) is 9.67 Å². The average molecular weight is 310 g/mol. The quantitative estimate of drug-likeness (QED) is 0.874. The van der Waals surface area contributed by atoms with Crippen molar-refractivity contribution in [2.45, 2.75) is 18.6 Å². The van der Waals surface area contributed by atoms with Crippen molar-refractivity contribution < 1.29 is 18.0 Å². The largest absolute Gasteiger partial charge is 0.406 e. The van der Waals surface area contributed by atoms with Crippen LogP contribution in [0.3, 0.4) is 0 Å². The van der Waals surface area contributed by atoms with Crippen LogP contribution in [0.5, 0.6) is 0 Å². The smallest absolute Gasteiger partial charge is 0.332 e. The zero-order valence-electron chi connectivity index (χ0n) is 11.5. The van der Waals surface area contributed by atoms with Crippen LogP contribution in [0.4, 0.5) is 13.2 Å². The highest BCUT2D eigenvalue weighted by molar-refractivity contribution is 5.82. The van der Waals surface area contributed by atoms with Crippen LogP contribution < -0.4 is 0 Å². The van der Waals surface area contributed by atoms with E-state index >= 15 is 0 Å². The summed E-state index contributed by atoms with van der Waals surface area (Å²) >= 11 is 0. The lowest BCUT2D eigenvalue weighted by Gasteiger charge is -2.18. The van der Waals surface area contributed by atoms with Gasteiger partial charge in [0.15, 0.2) is 5.82 Å². The normalized spacial score (nSPS) is 19.0. The molecule has 0 aliphatic carbocycles. The SMILES string of the molecule is O=C1[C@@H](n2cnc(-c3ccccc3)n2)CCN1CC(F)(F)F. The van der Waals surface area contributed by atoms with Gasteiger partial charge in [-0.3, -0.25) is 4.79 Å². The number of rotatable bonds is 3. The summed E-state index contributed by atoms with van der Waals surface area (Å²) in [7, 11) is 0. The number of benzene rings is 1. The Morgan fingerprint density at radius 2 is 1.95 bits per heavy atom. The summed E-state index contributed by atoms with van der Waals surface area (Å²) < 4.78 is 38.6.